The van der Waals surface area contributed by atoms with Gasteiger partial charge >= 0.3 is 6.03 Å². The Bertz CT molecular complexity index is 329. The van der Waals surface area contributed by atoms with Crippen LogP contribution in [-0.2, 0) is 14.4 Å². The Morgan fingerprint density at radius 1 is 1.50 bits per heavy atom. The minimum Gasteiger partial charge on any atom is -0.368 e. The van der Waals surface area contributed by atoms with Gasteiger partial charge in [0.2, 0.25) is 5.91 Å². The van der Waals surface area contributed by atoms with Crippen molar-refractivity contribution in [1.29, 1.82) is 0 Å². The van der Waals surface area contributed by atoms with Gasteiger partial charge in [-0.15, -0.1) is 0 Å². The molecule has 1 saturated heterocycles. The monoisotopic (exact) mass is 203 g/mol. The fraction of sp³-hybridized carbons (Fsp3) is 0.333. The molecular formula is C6H6FN3O4. The Kier molecular flexibility index (Phi) is 2.45. The number of carbonyl (C=O) groups is 4. The van der Waals surface area contributed by atoms with Crippen LogP contribution in [0.15, 0.2) is 0 Å². The average Bonchev–Trinajstić information content (AvgIpc) is 2.09. The van der Waals surface area contributed by atoms with Crippen molar-refractivity contribution in [3.05, 3.63) is 0 Å². The number of halogens is 1. The molecule has 0 aliphatic carbocycles. The summed E-state index contributed by atoms with van der Waals surface area (Å²) in [6.07, 6.45) is -2.47. The summed E-state index contributed by atoms with van der Waals surface area (Å²) in [4.78, 5) is 43.0. The van der Waals surface area contributed by atoms with Crippen molar-refractivity contribution < 1.29 is 23.6 Å². The zero-order chi connectivity index (χ0) is 10.9. The van der Waals surface area contributed by atoms with Crippen molar-refractivity contribution in [3.8, 4) is 0 Å². The van der Waals surface area contributed by atoms with Crippen LogP contribution in [0, 0.1) is 0 Å². The van der Waals surface area contributed by atoms with E-state index >= 15 is 0 Å². The minimum atomic E-state index is -2.47. The molecule has 7 nitrogen and oxygen atoms in total. The van der Waals surface area contributed by atoms with Crippen LogP contribution in [0.1, 0.15) is 0 Å². The lowest BCUT2D eigenvalue weighted by atomic mass is 10.2. The number of barbiturate groups is 1. The van der Waals surface area contributed by atoms with Gasteiger partial charge in [0.05, 0.1) is 0 Å². The minimum absolute atomic E-state index is 0.244. The zero-order valence-corrected chi connectivity index (χ0v) is 6.82. The quantitative estimate of drug-likeness (QED) is 0.500. The number of nitrogens with zero attached hydrogens (tertiary/aromatic N) is 1. The predicted molar refractivity (Wildman–Crippen MR) is 39.3 cm³/mol. The normalized spacial score (nSPS) is 22.2. The molecule has 0 spiro atoms. The Morgan fingerprint density at radius 2 is 2.07 bits per heavy atom. The third-order valence-electron chi connectivity index (χ3n) is 1.50. The first-order valence-corrected chi connectivity index (χ1v) is 3.52. The maximum atomic E-state index is 12.7. The predicted octanol–water partition coefficient (Wildman–Crippen LogP) is -2.11. The number of rotatable bonds is 2. The SMILES string of the molecule is NC(=O)CN1C(=O)NC(=O)C(F)C1=O. The molecule has 0 bridgehead atoms. The fourth-order valence-corrected chi connectivity index (χ4v) is 0.891. The van der Waals surface area contributed by atoms with Crippen LogP contribution in [0.5, 0.6) is 0 Å². The standard InChI is InChI=1S/C6H6FN3O4/c7-3-4(12)9-6(14)10(5(3)13)1-2(8)11/h3H,1H2,(H2,8,11)(H,9,12,14). The largest absolute Gasteiger partial charge is 0.368 e. The van der Waals surface area contributed by atoms with Gasteiger partial charge in [0.1, 0.15) is 6.54 Å². The summed E-state index contributed by atoms with van der Waals surface area (Å²) in [5.74, 6) is -3.69. The van der Waals surface area contributed by atoms with Crippen molar-refractivity contribution in [2.75, 3.05) is 6.54 Å². The van der Waals surface area contributed by atoms with Gasteiger partial charge in [-0.2, -0.15) is 0 Å². The molecule has 3 N–H and O–H groups in total. The Balaban J connectivity index is 2.84. The summed E-state index contributed by atoms with van der Waals surface area (Å²) in [6.45, 7) is -0.752. The van der Waals surface area contributed by atoms with Gasteiger partial charge in [-0.3, -0.25) is 24.6 Å². The molecule has 1 atom stereocenters. The maximum absolute atomic E-state index is 12.7. The van der Waals surface area contributed by atoms with Crippen LogP contribution in [-0.4, -0.2) is 41.4 Å². The number of hydrogen-bond donors (Lipinski definition) is 2. The number of nitrogens with two attached hydrogens (primary N) is 1. The topological polar surface area (TPSA) is 110 Å². The molecule has 1 aliphatic heterocycles. The van der Waals surface area contributed by atoms with Gasteiger partial charge in [0.15, 0.2) is 0 Å². The van der Waals surface area contributed by atoms with E-state index in [1.54, 1.807) is 5.32 Å². The summed E-state index contributed by atoms with van der Waals surface area (Å²) in [6, 6.07) is -1.15. The van der Waals surface area contributed by atoms with Gasteiger partial charge in [0, 0.05) is 0 Å². The van der Waals surface area contributed by atoms with Crippen molar-refractivity contribution in [2.24, 2.45) is 5.73 Å². The average molecular weight is 203 g/mol. The van der Waals surface area contributed by atoms with Crippen LogP contribution in [0.2, 0.25) is 0 Å². The molecule has 1 heterocycles. The summed E-state index contributed by atoms with van der Waals surface area (Å²) >= 11 is 0. The molecule has 1 unspecified atom stereocenters. The lowest BCUT2D eigenvalue weighted by Gasteiger charge is -2.25. The van der Waals surface area contributed by atoms with Crippen LogP contribution >= 0.6 is 0 Å². The summed E-state index contributed by atoms with van der Waals surface area (Å²) < 4.78 is 12.7. The van der Waals surface area contributed by atoms with E-state index in [0.717, 1.165) is 0 Å². The van der Waals surface area contributed by atoms with E-state index in [1.165, 1.54) is 0 Å². The lowest BCUT2D eigenvalue weighted by molar-refractivity contribution is -0.145. The van der Waals surface area contributed by atoms with E-state index in [-0.39, 0.29) is 4.90 Å². The van der Waals surface area contributed by atoms with E-state index < -0.39 is 36.5 Å². The summed E-state index contributed by atoms with van der Waals surface area (Å²) in [5.41, 5.74) is 4.71. The van der Waals surface area contributed by atoms with E-state index in [4.69, 9.17) is 5.73 Å². The Morgan fingerprint density at radius 3 is 2.57 bits per heavy atom. The number of nitrogens with one attached hydrogen (secondary N) is 1. The zero-order valence-electron chi connectivity index (χ0n) is 6.82. The third-order valence-corrected chi connectivity index (χ3v) is 1.50. The highest BCUT2D eigenvalue weighted by Gasteiger charge is 2.41. The molecule has 0 aromatic heterocycles. The molecule has 5 amide bonds. The smallest absolute Gasteiger partial charge is 0.331 e. The molecule has 0 saturated carbocycles. The lowest BCUT2D eigenvalue weighted by Crippen LogP contribution is -2.60. The van der Waals surface area contributed by atoms with Gasteiger partial charge in [-0.25, -0.2) is 9.18 Å². The first kappa shape index (κ1) is 10.1. The van der Waals surface area contributed by atoms with E-state index in [2.05, 4.69) is 0 Å². The number of alkyl halides is 1. The Hall–Kier alpha value is -1.99. The molecule has 0 aromatic carbocycles. The van der Waals surface area contributed by atoms with Gasteiger partial charge < -0.3 is 5.73 Å². The van der Waals surface area contributed by atoms with E-state index in [9.17, 15) is 23.6 Å². The number of carbonyl (C=O) groups excluding carboxylic acids is 4. The maximum Gasteiger partial charge on any atom is 0.331 e. The number of imide groups is 2. The second-order valence-corrected chi connectivity index (χ2v) is 2.55. The highest BCUT2D eigenvalue weighted by atomic mass is 19.1. The van der Waals surface area contributed by atoms with Crippen LogP contribution in [0.4, 0.5) is 9.18 Å². The van der Waals surface area contributed by atoms with Gasteiger partial charge in [0.25, 0.3) is 18.0 Å². The van der Waals surface area contributed by atoms with Crippen molar-refractivity contribution >= 4 is 23.8 Å². The Labute approximate surface area is 77.0 Å². The molecule has 14 heavy (non-hydrogen) atoms. The molecular weight excluding hydrogens is 197 g/mol. The molecule has 0 radical (unpaired) electrons. The highest BCUT2D eigenvalue weighted by molar-refractivity contribution is 6.18. The van der Waals surface area contributed by atoms with Crippen LogP contribution in [0.3, 0.4) is 0 Å². The van der Waals surface area contributed by atoms with E-state index in [1.807, 2.05) is 0 Å². The fourth-order valence-electron chi connectivity index (χ4n) is 0.891. The van der Waals surface area contributed by atoms with Crippen molar-refractivity contribution in [3.63, 3.8) is 0 Å². The molecule has 76 valence electrons. The van der Waals surface area contributed by atoms with Gasteiger partial charge in [-0.05, 0) is 0 Å². The second-order valence-electron chi connectivity index (χ2n) is 2.55. The number of urea groups is 1. The summed E-state index contributed by atoms with van der Waals surface area (Å²) in [7, 11) is 0. The third kappa shape index (κ3) is 1.68. The van der Waals surface area contributed by atoms with Gasteiger partial charge in [-0.1, -0.05) is 0 Å². The highest BCUT2D eigenvalue weighted by Crippen LogP contribution is 2.06. The van der Waals surface area contributed by atoms with E-state index in [0.29, 0.717) is 0 Å². The molecule has 8 heteroatoms. The number of hydrogen-bond acceptors (Lipinski definition) is 4. The second kappa shape index (κ2) is 3.40. The summed E-state index contributed by atoms with van der Waals surface area (Å²) in [5, 5.41) is 1.56. The first-order valence-electron chi connectivity index (χ1n) is 3.52. The molecule has 1 fully saturated rings. The first-order chi connectivity index (χ1) is 6.43. The van der Waals surface area contributed by atoms with Crippen LogP contribution in [0.25, 0.3) is 0 Å². The molecule has 1 aliphatic rings. The van der Waals surface area contributed by atoms with Crippen molar-refractivity contribution in [2.45, 2.75) is 6.17 Å². The molecule has 1 rings (SSSR count). The number of amides is 5. The molecule has 0 aromatic rings. The number of primary amides is 1. The van der Waals surface area contributed by atoms with Crippen molar-refractivity contribution in [1.82, 2.24) is 10.2 Å². The van der Waals surface area contributed by atoms with Crippen LogP contribution < -0.4 is 11.1 Å².